The molecule has 7 aromatic carbocycles. The second-order valence-corrected chi connectivity index (χ2v) is 13.5. The molecule has 0 unspecified atom stereocenters. The Morgan fingerprint density at radius 1 is 0.409 bits per heavy atom. The molecule has 3 heterocycles. The first-order valence-electron chi connectivity index (χ1n) is 14.8. The maximum Gasteiger partial charge on any atom is 0.137 e. The molecule has 0 aliphatic carbocycles. The van der Waals surface area contributed by atoms with Gasteiger partial charge in [0, 0.05) is 74.2 Å². The summed E-state index contributed by atoms with van der Waals surface area (Å²) < 4.78 is 11.7. The number of furan rings is 1. The first-order chi connectivity index (χ1) is 21.8. The summed E-state index contributed by atoms with van der Waals surface area (Å²) >= 11 is 3.80. The molecule has 0 fully saturated rings. The highest BCUT2D eigenvalue weighted by Gasteiger charge is 2.19. The van der Waals surface area contributed by atoms with Gasteiger partial charge in [-0.3, -0.25) is 0 Å². The van der Waals surface area contributed by atoms with Crippen LogP contribution >= 0.6 is 22.7 Å². The summed E-state index contributed by atoms with van der Waals surface area (Å²) in [6.45, 7) is 0. The second-order valence-electron chi connectivity index (χ2n) is 11.3. The molecule has 44 heavy (non-hydrogen) atoms. The molecule has 10 rings (SSSR count). The van der Waals surface area contributed by atoms with E-state index in [9.17, 15) is 0 Å². The molecule has 10 aromatic rings. The van der Waals surface area contributed by atoms with E-state index in [0.717, 1.165) is 39.0 Å². The van der Waals surface area contributed by atoms with Gasteiger partial charge < -0.3 is 9.32 Å². The molecule has 0 atom stereocenters. The van der Waals surface area contributed by atoms with Crippen molar-refractivity contribution < 1.29 is 4.42 Å². The number of hydrogen-bond donors (Lipinski definition) is 0. The third-order valence-corrected chi connectivity index (χ3v) is 11.1. The van der Waals surface area contributed by atoms with Crippen molar-refractivity contribution in [3.8, 4) is 0 Å². The van der Waals surface area contributed by atoms with E-state index >= 15 is 0 Å². The zero-order chi connectivity index (χ0) is 28.8. The van der Waals surface area contributed by atoms with Gasteiger partial charge in [0.1, 0.15) is 11.2 Å². The van der Waals surface area contributed by atoms with Gasteiger partial charge in [0.25, 0.3) is 0 Å². The number of hydrogen-bond acceptors (Lipinski definition) is 4. The van der Waals surface area contributed by atoms with Gasteiger partial charge in [-0.15, -0.1) is 22.7 Å². The van der Waals surface area contributed by atoms with E-state index in [4.69, 9.17) is 4.42 Å². The maximum absolute atomic E-state index is 6.31. The Balaban J connectivity index is 1.22. The molecule has 4 heteroatoms. The van der Waals surface area contributed by atoms with E-state index in [2.05, 4.69) is 132 Å². The summed E-state index contributed by atoms with van der Waals surface area (Å²) in [4.78, 5) is 2.34. The van der Waals surface area contributed by atoms with Crippen molar-refractivity contribution >= 4 is 113 Å². The zero-order valence-corrected chi connectivity index (χ0v) is 25.1. The summed E-state index contributed by atoms with van der Waals surface area (Å²) in [6.07, 6.45) is 0. The maximum atomic E-state index is 6.31. The number of thiophene rings is 2. The van der Waals surface area contributed by atoms with Crippen molar-refractivity contribution in [3.05, 3.63) is 140 Å². The van der Waals surface area contributed by atoms with E-state index < -0.39 is 0 Å². The molecule has 206 valence electrons. The molecular weight excluding hydrogens is 575 g/mol. The van der Waals surface area contributed by atoms with Crippen molar-refractivity contribution in [2.24, 2.45) is 0 Å². The van der Waals surface area contributed by atoms with Gasteiger partial charge >= 0.3 is 0 Å². The average molecular weight is 598 g/mol. The summed E-state index contributed by atoms with van der Waals surface area (Å²) in [7, 11) is 0. The van der Waals surface area contributed by atoms with E-state index in [1.165, 1.54) is 51.1 Å². The molecule has 0 amide bonds. The van der Waals surface area contributed by atoms with Crippen LogP contribution in [0.4, 0.5) is 17.1 Å². The lowest BCUT2D eigenvalue weighted by molar-refractivity contribution is 0.669. The number of para-hydroxylation sites is 2. The van der Waals surface area contributed by atoms with E-state index in [1.807, 2.05) is 34.8 Å². The first-order valence-corrected chi connectivity index (χ1v) is 16.4. The Bertz CT molecular complexity index is 2730. The Kier molecular flexibility index (Phi) is 5.06. The monoisotopic (exact) mass is 597 g/mol. The van der Waals surface area contributed by atoms with Crippen LogP contribution in [-0.2, 0) is 0 Å². The fourth-order valence-corrected chi connectivity index (χ4v) is 9.24. The van der Waals surface area contributed by atoms with Gasteiger partial charge in [0.05, 0.1) is 0 Å². The van der Waals surface area contributed by atoms with Crippen LogP contribution in [0, 0.1) is 0 Å². The van der Waals surface area contributed by atoms with Gasteiger partial charge in [-0.2, -0.15) is 0 Å². The minimum Gasteiger partial charge on any atom is -0.456 e. The normalized spacial score (nSPS) is 12.1. The number of benzene rings is 7. The molecule has 0 bridgehead atoms. The number of anilines is 3. The first kappa shape index (κ1) is 24.3. The van der Waals surface area contributed by atoms with Crippen LogP contribution in [0.5, 0.6) is 0 Å². The molecule has 0 saturated heterocycles. The summed E-state index contributed by atoms with van der Waals surface area (Å²) in [5, 5.41) is 10.2. The van der Waals surface area contributed by atoms with Gasteiger partial charge in [-0.05, 0) is 77.5 Å². The Morgan fingerprint density at radius 3 is 2.02 bits per heavy atom. The van der Waals surface area contributed by atoms with Gasteiger partial charge in [-0.25, -0.2) is 0 Å². The van der Waals surface area contributed by atoms with Gasteiger partial charge in [0.15, 0.2) is 0 Å². The standard InChI is InChI=1S/C40H23NOS2/c1-2-10-26(11-3-1)41(28-14-16-30-29-12-6-7-13-34(29)42-35(30)23-28)27-15-18-36-33(22-27)39-37(43-36)19-17-31-32-20-24-8-4-5-9-25(24)21-38(32)44-40(31)39/h1-23H. The molecule has 0 radical (unpaired) electrons. The van der Waals surface area contributed by atoms with Crippen LogP contribution in [0.1, 0.15) is 0 Å². The summed E-state index contributed by atoms with van der Waals surface area (Å²) in [5.41, 5.74) is 5.12. The van der Waals surface area contributed by atoms with Crippen molar-refractivity contribution in [2.45, 2.75) is 0 Å². The summed E-state index contributed by atoms with van der Waals surface area (Å²) in [5.74, 6) is 0. The molecule has 0 N–H and O–H groups in total. The Hall–Kier alpha value is -5.16. The van der Waals surface area contributed by atoms with Crippen LogP contribution in [0.15, 0.2) is 144 Å². The van der Waals surface area contributed by atoms with Crippen molar-refractivity contribution in [1.29, 1.82) is 0 Å². The van der Waals surface area contributed by atoms with Crippen molar-refractivity contribution in [1.82, 2.24) is 0 Å². The van der Waals surface area contributed by atoms with Crippen LogP contribution in [-0.4, -0.2) is 0 Å². The lowest BCUT2D eigenvalue weighted by Crippen LogP contribution is -2.09. The Morgan fingerprint density at radius 2 is 1.11 bits per heavy atom. The topological polar surface area (TPSA) is 16.4 Å². The van der Waals surface area contributed by atoms with Crippen LogP contribution < -0.4 is 4.90 Å². The molecule has 0 spiro atoms. The molecule has 2 nitrogen and oxygen atoms in total. The lowest BCUT2D eigenvalue weighted by atomic mass is 10.0. The number of nitrogens with zero attached hydrogens (tertiary/aromatic N) is 1. The smallest absolute Gasteiger partial charge is 0.137 e. The third-order valence-electron chi connectivity index (χ3n) is 8.82. The fraction of sp³-hybridized carbons (Fsp3) is 0. The van der Waals surface area contributed by atoms with Crippen LogP contribution in [0.2, 0.25) is 0 Å². The highest BCUT2D eigenvalue weighted by atomic mass is 32.1. The second kappa shape index (κ2) is 9.17. The molecule has 0 aliphatic heterocycles. The predicted octanol–water partition coefficient (Wildman–Crippen LogP) is 12.9. The Labute approximate surface area is 260 Å². The fourth-order valence-electron chi connectivity index (χ4n) is 6.78. The lowest BCUT2D eigenvalue weighted by Gasteiger charge is -2.25. The zero-order valence-electron chi connectivity index (χ0n) is 23.5. The molecular formula is C40H23NOS2. The highest BCUT2D eigenvalue weighted by Crippen LogP contribution is 2.47. The predicted molar refractivity (Wildman–Crippen MR) is 192 cm³/mol. The molecule has 3 aromatic heterocycles. The largest absolute Gasteiger partial charge is 0.456 e. The van der Waals surface area contributed by atoms with Crippen molar-refractivity contribution in [3.63, 3.8) is 0 Å². The minimum absolute atomic E-state index is 0.895. The van der Waals surface area contributed by atoms with Crippen LogP contribution in [0.25, 0.3) is 73.1 Å². The third kappa shape index (κ3) is 3.53. The quantitative estimate of drug-likeness (QED) is 0.201. The van der Waals surface area contributed by atoms with Crippen molar-refractivity contribution in [2.75, 3.05) is 4.90 Å². The minimum atomic E-state index is 0.895. The highest BCUT2D eigenvalue weighted by molar-refractivity contribution is 7.29. The summed E-state index contributed by atoms with van der Waals surface area (Å²) in [6, 6.07) is 50.4. The SMILES string of the molecule is c1ccc(N(c2ccc3c(c2)oc2ccccc23)c2ccc3sc4ccc5c6cc7ccccc7cc6sc5c4c3c2)cc1. The van der Waals surface area contributed by atoms with E-state index in [0.29, 0.717) is 0 Å². The van der Waals surface area contributed by atoms with E-state index in [-0.39, 0.29) is 0 Å². The molecule has 0 saturated carbocycles. The van der Waals surface area contributed by atoms with Gasteiger partial charge in [0.2, 0.25) is 0 Å². The van der Waals surface area contributed by atoms with Gasteiger partial charge in [-0.1, -0.05) is 66.7 Å². The van der Waals surface area contributed by atoms with Crippen LogP contribution in [0.3, 0.4) is 0 Å². The molecule has 0 aliphatic rings. The number of rotatable bonds is 3. The average Bonchev–Trinajstić information content (AvgIpc) is 3.74. The number of fused-ring (bicyclic) bond motifs is 11. The van der Waals surface area contributed by atoms with E-state index in [1.54, 1.807) is 0 Å².